The van der Waals surface area contributed by atoms with E-state index in [1.54, 1.807) is 18.2 Å². The van der Waals surface area contributed by atoms with Crippen molar-refractivity contribution in [3.8, 4) is 11.4 Å². The molecule has 5 N–H and O–H groups in total. The smallest absolute Gasteiger partial charge is 0.250 e. The molecule has 3 heterocycles. The lowest BCUT2D eigenvalue weighted by atomic mass is 10.1. The monoisotopic (exact) mass is 416 g/mol. The van der Waals surface area contributed by atoms with Crippen molar-refractivity contribution in [2.45, 2.75) is 26.6 Å². The highest BCUT2D eigenvalue weighted by Crippen LogP contribution is 2.34. The van der Waals surface area contributed by atoms with E-state index in [9.17, 15) is 9.18 Å². The first-order valence-electron chi connectivity index (χ1n) is 10.0. The molecule has 0 bridgehead atoms. The van der Waals surface area contributed by atoms with E-state index in [2.05, 4.69) is 15.6 Å². The molecule has 0 saturated heterocycles. The van der Waals surface area contributed by atoms with Gasteiger partial charge in [0.2, 0.25) is 0 Å². The Morgan fingerprint density at radius 3 is 2.84 bits per heavy atom. The van der Waals surface area contributed by atoms with Crippen LogP contribution in [0.2, 0.25) is 0 Å². The molecule has 2 aromatic carbocycles. The Morgan fingerprint density at radius 1 is 1.19 bits per heavy atom. The number of nitrogens with two attached hydrogens (primary N) is 1. The second kappa shape index (κ2) is 7.48. The number of nitrogens with zero attached hydrogens (tertiary/aromatic N) is 2. The fraction of sp³-hybridized carbons (Fsp3) is 0.174. The summed E-state index contributed by atoms with van der Waals surface area (Å²) in [6, 6.07) is 11.9. The number of fused-ring (bicyclic) bond motifs is 2. The van der Waals surface area contributed by atoms with Crippen molar-refractivity contribution in [3.63, 3.8) is 0 Å². The van der Waals surface area contributed by atoms with E-state index in [0.29, 0.717) is 42.4 Å². The summed E-state index contributed by atoms with van der Waals surface area (Å²) in [5.41, 5.74) is 11.1. The summed E-state index contributed by atoms with van der Waals surface area (Å²) in [6.07, 6.45) is 0. The van der Waals surface area contributed by atoms with E-state index in [-0.39, 0.29) is 5.82 Å². The summed E-state index contributed by atoms with van der Waals surface area (Å²) in [4.78, 5) is 24.7. The maximum atomic E-state index is 13.5. The topological polar surface area (TPSA) is 109 Å². The molecule has 4 aromatic rings. The van der Waals surface area contributed by atoms with Crippen molar-refractivity contribution in [1.82, 2.24) is 20.3 Å². The number of aromatic nitrogens is 3. The molecule has 0 radical (unpaired) electrons. The maximum absolute atomic E-state index is 13.5. The van der Waals surface area contributed by atoms with Crippen molar-refractivity contribution in [2.75, 3.05) is 5.32 Å². The van der Waals surface area contributed by atoms with Crippen molar-refractivity contribution in [2.24, 2.45) is 5.73 Å². The van der Waals surface area contributed by atoms with Gasteiger partial charge in [-0.25, -0.2) is 14.4 Å². The van der Waals surface area contributed by atoms with Crippen LogP contribution >= 0.6 is 0 Å². The summed E-state index contributed by atoms with van der Waals surface area (Å²) in [5.74, 6) is 0.521. The zero-order valence-corrected chi connectivity index (χ0v) is 16.9. The maximum Gasteiger partial charge on any atom is 0.250 e. The van der Waals surface area contributed by atoms with Crippen LogP contribution in [0.1, 0.15) is 32.9 Å². The molecule has 8 heteroatoms. The van der Waals surface area contributed by atoms with Crippen LogP contribution in [0.5, 0.6) is 0 Å². The van der Waals surface area contributed by atoms with Gasteiger partial charge in [0.05, 0.1) is 16.8 Å². The number of carbonyl (C=O) groups excluding carboxylic acids is 1. The number of benzene rings is 2. The highest BCUT2D eigenvalue weighted by molar-refractivity contribution is 6.09. The number of hydrogen-bond acceptors (Lipinski definition) is 5. The highest BCUT2D eigenvalue weighted by Gasteiger charge is 2.23. The largest absolute Gasteiger partial charge is 0.366 e. The molecule has 0 aliphatic carbocycles. The van der Waals surface area contributed by atoms with Crippen molar-refractivity contribution < 1.29 is 9.18 Å². The highest BCUT2D eigenvalue weighted by atomic mass is 19.1. The van der Waals surface area contributed by atoms with Crippen LogP contribution in [-0.2, 0) is 19.6 Å². The Balaban J connectivity index is 1.60. The summed E-state index contributed by atoms with van der Waals surface area (Å²) >= 11 is 0. The second-order valence-corrected chi connectivity index (χ2v) is 7.63. The lowest BCUT2D eigenvalue weighted by Gasteiger charge is -2.12. The van der Waals surface area contributed by atoms with Gasteiger partial charge in [-0.1, -0.05) is 24.3 Å². The number of rotatable bonds is 5. The lowest BCUT2D eigenvalue weighted by molar-refractivity contribution is 0.100. The minimum atomic E-state index is -0.491. The number of anilines is 1. The molecule has 1 aliphatic heterocycles. The van der Waals surface area contributed by atoms with Crippen LogP contribution in [-0.4, -0.2) is 20.9 Å². The van der Waals surface area contributed by atoms with E-state index in [1.165, 1.54) is 12.1 Å². The van der Waals surface area contributed by atoms with Crippen LogP contribution in [0.4, 0.5) is 10.2 Å². The van der Waals surface area contributed by atoms with Crippen LogP contribution in [0.3, 0.4) is 0 Å². The van der Waals surface area contributed by atoms with Gasteiger partial charge in [-0.05, 0) is 30.7 Å². The number of aromatic amines is 1. The minimum Gasteiger partial charge on any atom is -0.366 e. The third kappa shape index (κ3) is 3.40. The number of para-hydroxylation sites is 1. The SMILES string of the molecule is Cc1[nH]c2c(C(N)=O)cccc2c1-c1nc2c(c(NCc3cccc(F)c3)n1)CNC2. The Morgan fingerprint density at radius 2 is 2.03 bits per heavy atom. The van der Waals surface area contributed by atoms with Crippen molar-refractivity contribution in [1.29, 1.82) is 0 Å². The molecule has 0 spiro atoms. The zero-order chi connectivity index (χ0) is 21.5. The van der Waals surface area contributed by atoms with Crippen LogP contribution < -0.4 is 16.4 Å². The molecule has 31 heavy (non-hydrogen) atoms. The first-order valence-corrected chi connectivity index (χ1v) is 10.0. The molecular formula is C23H21FN6O. The van der Waals surface area contributed by atoms with Gasteiger partial charge in [0, 0.05) is 41.8 Å². The number of amides is 1. The normalized spacial score (nSPS) is 12.8. The Bertz CT molecular complexity index is 1330. The molecule has 0 unspecified atom stereocenters. The lowest BCUT2D eigenvalue weighted by Crippen LogP contribution is -2.11. The van der Waals surface area contributed by atoms with Gasteiger partial charge in [0.25, 0.3) is 5.91 Å². The van der Waals surface area contributed by atoms with E-state index in [1.807, 2.05) is 19.1 Å². The quantitative estimate of drug-likeness (QED) is 0.399. The van der Waals surface area contributed by atoms with E-state index in [4.69, 9.17) is 15.7 Å². The van der Waals surface area contributed by atoms with E-state index in [0.717, 1.165) is 33.5 Å². The average Bonchev–Trinajstić information content (AvgIpc) is 3.35. The summed E-state index contributed by atoms with van der Waals surface area (Å²) < 4.78 is 13.5. The number of carbonyl (C=O) groups is 1. The Hall–Kier alpha value is -3.78. The molecular weight excluding hydrogens is 395 g/mol. The third-order valence-corrected chi connectivity index (χ3v) is 5.55. The van der Waals surface area contributed by atoms with Crippen molar-refractivity contribution in [3.05, 3.63) is 76.4 Å². The summed E-state index contributed by atoms with van der Waals surface area (Å²) in [7, 11) is 0. The fourth-order valence-electron chi connectivity index (χ4n) is 4.10. The number of halogens is 1. The number of H-pyrrole nitrogens is 1. The van der Waals surface area contributed by atoms with Gasteiger partial charge in [-0.15, -0.1) is 0 Å². The minimum absolute atomic E-state index is 0.269. The molecule has 0 atom stereocenters. The van der Waals surface area contributed by atoms with Gasteiger partial charge >= 0.3 is 0 Å². The van der Waals surface area contributed by atoms with Gasteiger partial charge in [-0.3, -0.25) is 4.79 Å². The average molecular weight is 416 g/mol. The van der Waals surface area contributed by atoms with Gasteiger partial charge in [-0.2, -0.15) is 0 Å². The van der Waals surface area contributed by atoms with E-state index < -0.39 is 5.91 Å². The molecule has 5 rings (SSSR count). The molecule has 1 aliphatic rings. The molecule has 0 saturated carbocycles. The van der Waals surface area contributed by atoms with Gasteiger partial charge < -0.3 is 21.4 Å². The number of hydrogen-bond donors (Lipinski definition) is 4. The van der Waals surface area contributed by atoms with Gasteiger partial charge in [0.1, 0.15) is 11.6 Å². The Kier molecular flexibility index (Phi) is 4.63. The van der Waals surface area contributed by atoms with Crippen LogP contribution in [0, 0.1) is 12.7 Å². The first kappa shape index (κ1) is 19.2. The first-order chi connectivity index (χ1) is 15.0. The predicted octanol–water partition coefficient (Wildman–Crippen LogP) is 3.39. The molecule has 0 fully saturated rings. The molecule has 7 nitrogen and oxygen atoms in total. The second-order valence-electron chi connectivity index (χ2n) is 7.63. The van der Waals surface area contributed by atoms with Crippen LogP contribution in [0.15, 0.2) is 42.5 Å². The molecule has 156 valence electrons. The Labute approximate surface area is 177 Å². The number of nitrogens with one attached hydrogen (secondary N) is 3. The molecule has 1 amide bonds. The number of aryl methyl sites for hydroxylation is 1. The van der Waals surface area contributed by atoms with E-state index >= 15 is 0 Å². The standard InChI is InChI=1S/C23H21FN6O/c1-12-19(15-6-3-7-16(21(25)31)20(15)28-12)23-29-18-11-26-10-17(18)22(30-23)27-9-13-4-2-5-14(24)8-13/h2-8,26,28H,9-11H2,1H3,(H2,25,31)(H,27,29,30). The number of primary amides is 1. The van der Waals surface area contributed by atoms with Crippen molar-refractivity contribution >= 4 is 22.6 Å². The van der Waals surface area contributed by atoms with Gasteiger partial charge in [0.15, 0.2) is 5.82 Å². The summed E-state index contributed by atoms with van der Waals surface area (Å²) in [6.45, 7) is 3.68. The predicted molar refractivity (Wildman–Crippen MR) is 117 cm³/mol. The third-order valence-electron chi connectivity index (χ3n) is 5.55. The van der Waals surface area contributed by atoms with Crippen LogP contribution in [0.25, 0.3) is 22.3 Å². The fourth-order valence-corrected chi connectivity index (χ4v) is 4.10. The molecule has 2 aromatic heterocycles. The zero-order valence-electron chi connectivity index (χ0n) is 16.9. The summed E-state index contributed by atoms with van der Waals surface area (Å²) in [5, 5.41) is 7.50.